The van der Waals surface area contributed by atoms with Crippen LogP contribution in [0.5, 0.6) is 0 Å². The molecule has 0 atom stereocenters. The van der Waals surface area contributed by atoms with E-state index >= 15 is 0 Å². The predicted molar refractivity (Wildman–Crippen MR) is 89.9 cm³/mol. The van der Waals surface area contributed by atoms with Crippen molar-refractivity contribution in [2.75, 3.05) is 5.75 Å². The highest BCUT2D eigenvalue weighted by atomic mass is 32.2. The van der Waals surface area contributed by atoms with Gasteiger partial charge < -0.3 is 4.84 Å². The Morgan fingerprint density at radius 2 is 2.00 bits per heavy atom. The van der Waals surface area contributed by atoms with Gasteiger partial charge in [0.05, 0.1) is 16.8 Å². The van der Waals surface area contributed by atoms with E-state index in [9.17, 15) is 18.0 Å². The van der Waals surface area contributed by atoms with Crippen LogP contribution in [0.25, 0.3) is 0 Å². The molecule has 0 spiro atoms. The lowest BCUT2D eigenvalue weighted by molar-refractivity contribution is -0.137. The van der Waals surface area contributed by atoms with Crippen molar-refractivity contribution in [1.82, 2.24) is 0 Å². The number of oxime groups is 1. The maximum atomic E-state index is 12.7. The van der Waals surface area contributed by atoms with Crippen LogP contribution in [-0.4, -0.2) is 17.4 Å². The summed E-state index contributed by atoms with van der Waals surface area (Å²) in [6.45, 7) is 1.95. The topological polar surface area (TPSA) is 38.7 Å². The van der Waals surface area contributed by atoms with Crippen LogP contribution in [0.4, 0.5) is 13.2 Å². The summed E-state index contributed by atoms with van der Waals surface area (Å²) in [5.74, 6) is -0.109. The van der Waals surface area contributed by atoms with E-state index in [1.54, 1.807) is 11.8 Å². The van der Waals surface area contributed by atoms with Crippen molar-refractivity contribution in [3.63, 3.8) is 0 Å². The number of aryl methyl sites for hydroxylation is 1. The molecule has 1 aliphatic heterocycles. The van der Waals surface area contributed by atoms with Gasteiger partial charge in [-0.25, -0.2) is 4.79 Å². The normalized spacial score (nSPS) is 15.8. The first-order valence-corrected chi connectivity index (χ1v) is 8.52. The van der Waals surface area contributed by atoms with Crippen LogP contribution in [0.3, 0.4) is 0 Å². The van der Waals surface area contributed by atoms with Gasteiger partial charge >= 0.3 is 12.1 Å². The number of rotatable bonds is 2. The minimum atomic E-state index is -4.51. The molecular weight excluding hydrogens is 351 g/mol. The molecule has 0 amide bonds. The van der Waals surface area contributed by atoms with E-state index < -0.39 is 17.7 Å². The zero-order chi connectivity index (χ0) is 18.0. The molecule has 0 saturated heterocycles. The van der Waals surface area contributed by atoms with Crippen molar-refractivity contribution in [2.24, 2.45) is 5.16 Å². The molecule has 0 N–H and O–H groups in total. The summed E-state index contributed by atoms with van der Waals surface area (Å²) in [5, 5.41) is 3.91. The van der Waals surface area contributed by atoms with Gasteiger partial charge in [-0.2, -0.15) is 13.2 Å². The molecule has 0 saturated carbocycles. The van der Waals surface area contributed by atoms with E-state index in [1.807, 2.05) is 25.1 Å². The van der Waals surface area contributed by atoms with Crippen molar-refractivity contribution in [3.05, 3.63) is 64.7 Å². The lowest BCUT2D eigenvalue weighted by Gasteiger charge is -2.17. The molecule has 0 fully saturated rings. The molecule has 0 aliphatic carbocycles. The van der Waals surface area contributed by atoms with Crippen molar-refractivity contribution in [1.29, 1.82) is 0 Å². The van der Waals surface area contributed by atoms with Crippen molar-refractivity contribution >= 4 is 23.4 Å². The van der Waals surface area contributed by atoms with Crippen LogP contribution in [0.2, 0.25) is 0 Å². The first kappa shape index (κ1) is 17.5. The second kappa shape index (κ2) is 6.92. The summed E-state index contributed by atoms with van der Waals surface area (Å²) in [6.07, 6.45) is -3.89. The van der Waals surface area contributed by atoms with Crippen LogP contribution < -0.4 is 0 Å². The van der Waals surface area contributed by atoms with E-state index in [0.717, 1.165) is 33.9 Å². The highest BCUT2D eigenvalue weighted by Gasteiger charge is 2.31. The van der Waals surface area contributed by atoms with Crippen LogP contribution in [0.1, 0.15) is 33.5 Å². The van der Waals surface area contributed by atoms with Gasteiger partial charge in [0, 0.05) is 22.6 Å². The van der Waals surface area contributed by atoms with Gasteiger partial charge in [-0.3, -0.25) is 0 Å². The number of carbonyl (C=O) groups is 1. The van der Waals surface area contributed by atoms with Crippen LogP contribution in [0.15, 0.2) is 52.5 Å². The summed E-state index contributed by atoms with van der Waals surface area (Å²) >= 11 is 1.69. The van der Waals surface area contributed by atoms with E-state index in [2.05, 4.69) is 5.16 Å². The number of hydrogen-bond acceptors (Lipinski definition) is 4. The number of hydrogen-bond donors (Lipinski definition) is 0. The van der Waals surface area contributed by atoms with Gasteiger partial charge in [0.25, 0.3) is 0 Å². The molecule has 1 heterocycles. The van der Waals surface area contributed by atoms with Crippen LogP contribution >= 0.6 is 11.8 Å². The third-order valence-corrected chi connectivity index (χ3v) is 4.78. The number of halogens is 3. The Labute approximate surface area is 146 Å². The van der Waals surface area contributed by atoms with Gasteiger partial charge in [-0.1, -0.05) is 22.9 Å². The highest BCUT2D eigenvalue weighted by molar-refractivity contribution is 7.99. The Bertz CT molecular complexity index is 846. The molecule has 2 aromatic rings. The Hall–Kier alpha value is -2.28. The third-order valence-electron chi connectivity index (χ3n) is 3.71. The summed E-state index contributed by atoms with van der Waals surface area (Å²) < 4.78 is 38.2. The predicted octanol–water partition coefficient (Wildman–Crippen LogP) is 5.07. The zero-order valence-corrected chi connectivity index (χ0v) is 14.1. The van der Waals surface area contributed by atoms with Crippen molar-refractivity contribution in [2.45, 2.75) is 24.4 Å². The molecule has 0 unspecified atom stereocenters. The zero-order valence-electron chi connectivity index (χ0n) is 13.3. The summed E-state index contributed by atoms with van der Waals surface area (Å²) in [6, 6.07) is 10.0. The third kappa shape index (κ3) is 4.04. The number of nitrogens with zero attached hydrogens (tertiary/aromatic N) is 1. The maximum Gasteiger partial charge on any atom is 0.416 e. The molecule has 0 aromatic heterocycles. The molecule has 0 radical (unpaired) electrons. The smallest absolute Gasteiger partial charge is 0.313 e. The monoisotopic (exact) mass is 365 g/mol. The van der Waals surface area contributed by atoms with Crippen LogP contribution in [0, 0.1) is 6.92 Å². The molecule has 7 heteroatoms. The standard InChI is InChI=1S/C18H14F3NO2S/c1-11-5-6-16-14(9-11)15(7-8-25-16)22-24-17(23)12-3-2-4-13(10-12)18(19,20)21/h2-6,9-10H,7-8H2,1H3/b22-15+. The fourth-order valence-electron chi connectivity index (χ4n) is 2.45. The lowest BCUT2D eigenvalue weighted by Crippen LogP contribution is -2.13. The number of alkyl halides is 3. The van der Waals surface area contributed by atoms with E-state index in [1.165, 1.54) is 12.1 Å². The first-order valence-electron chi connectivity index (χ1n) is 7.54. The van der Waals surface area contributed by atoms with Gasteiger partial charge in [0.1, 0.15) is 0 Å². The second-order valence-electron chi connectivity index (χ2n) is 5.59. The first-order chi connectivity index (χ1) is 11.8. The molecule has 3 nitrogen and oxygen atoms in total. The number of fused-ring (bicyclic) bond motifs is 1. The molecule has 25 heavy (non-hydrogen) atoms. The molecule has 3 rings (SSSR count). The largest absolute Gasteiger partial charge is 0.416 e. The summed E-state index contributed by atoms with van der Waals surface area (Å²) in [4.78, 5) is 18.0. The molecule has 1 aliphatic rings. The number of thioether (sulfide) groups is 1. The number of carbonyl (C=O) groups excluding carboxylic acids is 1. The average Bonchev–Trinajstić information content (AvgIpc) is 2.59. The minimum Gasteiger partial charge on any atom is -0.313 e. The second-order valence-corrected chi connectivity index (χ2v) is 6.73. The fraction of sp³-hybridized carbons (Fsp3) is 0.222. The van der Waals surface area contributed by atoms with E-state index in [4.69, 9.17) is 4.84 Å². The van der Waals surface area contributed by atoms with Gasteiger partial charge in [0.15, 0.2) is 0 Å². The van der Waals surface area contributed by atoms with Crippen molar-refractivity contribution < 1.29 is 22.8 Å². The Balaban J connectivity index is 1.82. The summed E-state index contributed by atoms with van der Waals surface area (Å²) in [7, 11) is 0. The average molecular weight is 365 g/mol. The highest BCUT2D eigenvalue weighted by Crippen LogP contribution is 2.31. The molecule has 0 bridgehead atoms. The molecular formula is C18H14F3NO2S. The Kier molecular flexibility index (Phi) is 4.85. The van der Waals surface area contributed by atoms with Gasteiger partial charge in [-0.05, 0) is 37.3 Å². The molecule has 130 valence electrons. The van der Waals surface area contributed by atoms with E-state index in [0.29, 0.717) is 12.1 Å². The quantitative estimate of drug-likeness (QED) is 0.551. The Morgan fingerprint density at radius 1 is 1.20 bits per heavy atom. The SMILES string of the molecule is Cc1ccc2c(c1)/C(=N/OC(=O)c1cccc(C(F)(F)F)c1)CCS2. The Morgan fingerprint density at radius 3 is 2.76 bits per heavy atom. The van der Waals surface area contributed by atoms with Crippen LogP contribution in [-0.2, 0) is 11.0 Å². The maximum absolute atomic E-state index is 12.7. The number of benzene rings is 2. The molecule has 2 aromatic carbocycles. The van der Waals surface area contributed by atoms with Crippen molar-refractivity contribution in [3.8, 4) is 0 Å². The minimum absolute atomic E-state index is 0.186. The lowest BCUT2D eigenvalue weighted by atomic mass is 10.1. The van der Waals surface area contributed by atoms with Gasteiger partial charge in [0.2, 0.25) is 0 Å². The summed E-state index contributed by atoms with van der Waals surface area (Å²) in [5.41, 5.74) is 1.49. The fourth-order valence-corrected chi connectivity index (χ4v) is 3.47. The van der Waals surface area contributed by atoms with Gasteiger partial charge in [-0.15, -0.1) is 11.8 Å². The van der Waals surface area contributed by atoms with E-state index in [-0.39, 0.29) is 5.56 Å².